The van der Waals surface area contributed by atoms with E-state index >= 15 is 0 Å². The number of nitrogens with one attached hydrogen (secondary N) is 2. The predicted molar refractivity (Wildman–Crippen MR) is 130 cm³/mol. The van der Waals surface area contributed by atoms with E-state index in [4.69, 9.17) is 14.2 Å². The summed E-state index contributed by atoms with van der Waals surface area (Å²) in [6.07, 6.45) is -2.95. The van der Waals surface area contributed by atoms with Gasteiger partial charge in [0.25, 0.3) is 0 Å². The van der Waals surface area contributed by atoms with E-state index in [1.807, 2.05) is 0 Å². The van der Waals surface area contributed by atoms with Crippen LogP contribution in [-0.4, -0.2) is 44.3 Å². The average Bonchev–Trinajstić information content (AvgIpc) is 2.86. The highest BCUT2D eigenvalue weighted by molar-refractivity contribution is 5.99. The molecule has 3 rings (SSSR count). The Kier molecular flexibility index (Phi) is 7.87. The van der Waals surface area contributed by atoms with Crippen molar-refractivity contribution in [2.24, 2.45) is 0 Å². The van der Waals surface area contributed by atoms with Crippen molar-refractivity contribution in [3.63, 3.8) is 0 Å². The number of nitrogens with zero attached hydrogens (tertiary/aromatic N) is 3. The molecule has 0 saturated carbocycles. The minimum absolute atomic E-state index is 0.0489. The number of hydrogen-bond donors (Lipinski definition) is 2. The van der Waals surface area contributed by atoms with E-state index in [0.29, 0.717) is 29.1 Å². The van der Waals surface area contributed by atoms with Gasteiger partial charge in [0.2, 0.25) is 17.6 Å². The summed E-state index contributed by atoms with van der Waals surface area (Å²) >= 11 is 0. The Labute approximate surface area is 205 Å². The van der Waals surface area contributed by atoms with Gasteiger partial charge in [-0.05, 0) is 36.4 Å². The van der Waals surface area contributed by atoms with E-state index in [1.54, 1.807) is 31.3 Å². The molecular formula is C24H24F3N5O4. The third-order valence-corrected chi connectivity index (χ3v) is 5.00. The molecule has 1 amide bonds. The molecule has 3 aromatic rings. The maximum Gasteiger partial charge on any atom is 0.421 e. The largest absolute Gasteiger partial charge is 0.493 e. The lowest BCUT2D eigenvalue weighted by atomic mass is 10.2. The Balaban J connectivity index is 2.05. The highest BCUT2D eigenvalue weighted by Crippen LogP contribution is 2.45. The summed E-state index contributed by atoms with van der Waals surface area (Å²) in [5.74, 6) is -0.00212. The lowest BCUT2D eigenvalue weighted by molar-refractivity contribution is -0.137. The van der Waals surface area contributed by atoms with Crippen LogP contribution in [0.3, 0.4) is 0 Å². The van der Waals surface area contributed by atoms with E-state index in [-0.39, 0.29) is 17.4 Å². The van der Waals surface area contributed by atoms with Crippen LogP contribution in [0.5, 0.6) is 17.2 Å². The zero-order chi connectivity index (χ0) is 26.5. The van der Waals surface area contributed by atoms with Gasteiger partial charge in [0, 0.05) is 24.6 Å². The van der Waals surface area contributed by atoms with Crippen molar-refractivity contribution in [1.82, 2.24) is 9.97 Å². The second-order valence-electron chi connectivity index (χ2n) is 7.24. The number of methoxy groups -OCH3 is 3. The molecule has 1 aromatic heterocycles. The number of hydrogen-bond acceptors (Lipinski definition) is 8. The van der Waals surface area contributed by atoms with E-state index in [1.165, 1.54) is 38.4 Å². The molecule has 12 heteroatoms. The fourth-order valence-electron chi connectivity index (χ4n) is 3.30. The Morgan fingerprint density at radius 1 is 1.06 bits per heavy atom. The van der Waals surface area contributed by atoms with Gasteiger partial charge >= 0.3 is 6.18 Å². The first-order chi connectivity index (χ1) is 17.1. The molecule has 0 bridgehead atoms. The van der Waals surface area contributed by atoms with Crippen LogP contribution in [-0.2, 0) is 11.0 Å². The smallest absolute Gasteiger partial charge is 0.421 e. The summed E-state index contributed by atoms with van der Waals surface area (Å²) in [5.41, 5.74) is -0.0206. The molecule has 2 N–H and O–H groups in total. The van der Waals surface area contributed by atoms with Gasteiger partial charge in [-0.2, -0.15) is 18.2 Å². The second-order valence-corrected chi connectivity index (χ2v) is 7.24. The number of halogens is 3. The van der Waals surface area contributed by atoms with Crippen LogP contribution in [0.2, 0.25) is 0 Å². The van der Waals surface area contributed by atoms with Crippen molar-refractivity contribution in [2.75, 3.05) is 43.9 Å². The van der Waals surface area contributed by atoms with Crippen molar-refractivity contribution in [1.29, 1.82) is 0 Å². The number of rotatable bonds is 9. The summed E-state index contributed by atoms with van der Waals surface area (Å²) in [5, 5.41) is 5.23. The van der Waals surface area contributed by atoms with Crippen LogP contribution in [0.25, 0.3) is 0 Å². The van der Waals surface area contributed by atoms with Gasteiger partial charge in [-0.3, -0.25) is 4.79 Å². The fourth-order valence-corrected chi connectivity index (χ4v) is 3.30. The van der Waals surface area contributed by atoms with Crippen molar-refractivity contribution in [3.8, 4) is 17.2 Å². The molecule has 9 nitrogen and oxygen atoms in total. The number of anilines is 5. The van der Waals surface area contributed by atoms with E-state index in [0.717, 1.165) is 6.08 Å². The van der Waals surface area contributed by atoms with Crippen molar-refractivity contribution in [3.05, 3.63) is 60.8 Å². The number of carbonyl (C=O) groups excluding carboxylic acids is 1. The molecule has 0 aliphatic carbocycles. The molecule has 0 atom stereocenters. The third-order valence-electron chi connectivity index (χ3n) is 5.00. The topological polar surface area (TPSA) is 97.8 Å². The molecule has 0 unspecified atom stereocenters. The first-order valence-electron chi connectivity index (χ1n) is 10.4. The molecule has 0 radical (unpaired) electrons. The van der Waals surface area contributed by atoms with Crippen molar-refractivity contribution < 1.29 is 32.2 Å². The predicted octanol–water partition coefficient (Wildman–Crippen LogP) is 5.16. The molecule has 190 valence electrons. The monoisotopic (exact) mass is 503 g/mol. The van der Waals surface area contributed by atoms with Gasteiger partial charge < -0.3 is 29.7 Å². The van der Waals surface area contributed by atoms with Crippen molar-refractivity contribution in [2.45, 2.75) is 6.18 Å². The molecule has 1 heterocycles. The van der Waals surface area contributed by atoms with Crippen LogP contribution >= 0.6 is 0 Å². The molecule has 0 spiro atoms. The van der Waals surface area contributed by atoms with Crippen molar-refractivity contribution >= 4 is 34.7 Å². The zero-order valence-corrected chi connectivity index (χ0v) is 19.9. The quantitative estimate of drug-likeness (QED) is 0.387. The first kappa shape index (κ1) is 26.1. The lowest BCUT2D eigenvalue weighted by Crippen LogP contribution is -2.18. The highest BCUT2D eigenvalue weighted by atomic mass is 19.4. The molecule has 0 aliphatic rings. The van der Waals surface area contributed by atoms with E-state index < -0.39 is 23.5 Å². The van der Waals surface area contributed by atoms with E-state index in [9.17, 15) is 18.0 Å². The van der Waals surface area contributed by atoms with Crippen LogP contribution in [0.15, 0.2) is 55.3 Å². The van der Waals surface area contributed by atoms with Gasteiger partial charge in [-0.25, -0.2) is 4.98 Å². The van der Waals surface area contributed by atoms with Gasteiger partial charge in [0.15, 0.2) is 11.5 Å². The highest BCUT2D eigenvalue weighted by Gasteiger charge is 2.36. The average molecular weight is 503 g/mol. The third kappa shape index (κ3) is 5.59. The molecule has 0 aliphatic heterocycles. The van der Waals surface area contributed by atoms with Gasteiger partial charge in [0.1, 0.15) is 11.4 Å². The lowest BCUT2D eigenvalue weighted by Gasteiger charge is -2.23. The Hall–Kier alpha value is -4.48. The maximum absolute atomic E-state index is 13.8. The van der Waals surface area contributed by atoms with Crippen LogP contribution in [0.1, 0.15) is 5.56 Å². The molecular weight excluding hydrogens is 479 g/mol. The fraction of sp³-hybridized carbons (Fsp3) is 0.208. The standard InChI is InChI=1S/C24H24F3N5O4/c1-6-19(33)29-14-8-7-9-15(12-14)30-22-16(24(25,26)27)13-28-23(31-22)32(2)17-10-11-18(34-3)21(36-5)20(17)35-4/h6-13H,1H2,2-5H3,(H,29,33)(H,28,30,31). The SMILES string of the molecule is C=CC(=O)Nc1cccc(Nc2nc(N(C)c3ccc(OC)c(OC)c3OC)ncc2C(F)(F)F)c1. The summed E-state index contributed by atoms with van der Waals surface area (Å²) < 4.78 is 57.4. The number of amides is 1. The summed E-state index contributed by atoms with van der Waals surface area (Å²) in [6, 6.07) is 9.41. The normalized spacial score (nSPS) is 10.9. The number of ether oxygens (including phenoxy) is 3. The maximum atomic E-state index is 13.8. The number of aromatic nitrogens is 2. The number of carbonyl (C=O) groups is 1. The van der Waals surface area contributed by atoms with Gasteiger partial charge in [-0.15, -0.1) is 0 Å². The number of alkyl halides is 3. The second kappa shape index (κ2) is 10.8. The summed E-state index contributed by atoms with van der Waals surface area (Å²) in [6.45, 7) is 3.37. The summed E-state index contributed by atoms with van der Waals surface area (Å²) in [4.78, 5) is 21.1. The Morgan fingerprint density at radius 2 is 1.75 bits per heavy atom. The van der Waals surface area contributed by atoms with Gasteiger partial charge in [0.05, 0.1) is 27.0 Å². The minimum Gasteiger partial charge on any atom is -0.493 e. The van der Waals surface area contributed by atoms with Gasteiger partial charge in [-0.1, -0.05) is 12.6 Å². The van der Waals surface area contributed by atoms with Crippen LogP contribution in [0, 0.1) is 0 Å². The van der Waals surface area contributed by atoms with Crippen LogP contribution in [0.4, 0.5) is 42.0 Å². The minimum atomic E-state index is -4.73. The number of benzene rings is 2. The summed E-state index contributed by atoms with van der Waals surface area (Å²) in [7, 11) is 5.90. The molecule has 2 aromatic carbocycles. The first-order valence-corrected chi connectivity index (χ1v) is 10.4. The van der Waals surface area contributed by atoms with E-state index in [2.05, 4.69) is 27.2 Å². The molecule has 36 heavy (non-hydrogen) atoms. The Morgan fingerprint density at radius 3 is 2.36 bits per heavy atom. The zero-order valence-electron chi connectivity index (χ0n) is 19.9. The Bertz CT molecular complexity index is 1270. The van der Waals surface area contributed by atoms with Crippen LogP contribution < -0.4 is 29.7 Å². The molecule has 0 saturated heterocycles. The molecule has 0 fully saturated rings.